The summed E-state index contributed by atoms with van der Waals surface area (Å²) in [7, 11) is 3.45. The van der Waals surface area contributed by atoms with E-state index in [2.05, 4.69) is 32.7 Å². The summed E-state index contributed by atoms with van der Waals surface area (Å²) < 4.78 is 10.7. The second-order valence-corrected chi connectivity index (χ2v) is 7.78. The number of rotatable bonds is 4. The molecular weight excluding hydrogens is 344 g/mol. The number of likely N-dealkylation sites (tertiary alicyclic amines) is 1. The van der Waals surface area contributed by atoms with Gasteiger partial charge in [0.05, 0.1) is 13.2 Å². The fourth-order valence-corrected chi connectivity index (χ4v) is 3.03. The van der Waals surface area contributed by atoms with Crippen LogP contribution in [0.3, 0.4) is 0 Å². The first-order valence-corrected chi connectivity index (χ1v) is 9.30. The smallest absolute Gasteiger partial charge is 0.407 e. The Hall–Kier alpha value is -2.44. The molecule has 1 aliphatic rings. The minimum atomic E-state index is -0.491. The number of nitrogens with zero attached hydrogens (tertiary/aromatic N) is 2. The Morgan fingerprint density at radius 2 is 2.11 bits per heavy atom. The largest absolute Gasteiger partial charge is 0.496 e. The van der Waals surface area contributed by atoms with Crippen molar-refractivity contribution in [1.82, 2.24) is 15.5 Å². The lowest BCUT2D eigenvalue weighted by molar-refractivity contribution is 0.0507. The number of amides is 1. The lowest BCUT2D eigenvalue weighted by Crippen LogP contribution is -2.44. The Morgan fingerprint density at radius 3 is 2.74 bits per heavy atom. The van der Waals surface area contributed by atoms with Crippen LogP contribution in [0.4, 0.5) is 4.79 Å². The number of hydrogen-bond donors (Lipinski definition) is 2. The van der Waals surface area contributed by atoms with Crippen molar-refractivity contribution in [2.75, 3.05) is 27.2 Å². The first kappa shape index (κ1) is 20.9. The van der Waals surface area contributed by atoms with E-state index in [-0.39, 0.29) is 12.1 Å². The maximum absolute atomic E-state index is 11.9. The molecule has 0 aromatic heterocycles. The fourth-order valence-electron chi connectivity index (χ4n) is 3.03. The average molecular weight is 377 g/mol. The normalized spacial score (nSPS) is 17.6. The van der Waals surface area contributed by atoms with E-state index in [1.807, 2.05) is 33.8 Å². The number of carbonyl (C=O) groups excluding carboxylic acids is 1. The summed E-state index contributed by atoms with van der Waals surface area (Å²) in [6, 6.07) is 6.22. The molecule has 0 aliphatic carbocycles. The summed E-state index contributed by atoms with van der Waals surface area (Å²) in [6.45, 7) is 9.80. The molecule has 1 amide bonds. The van der Waals surface area contributed by atoms with E-state index in [1.165, 1.54) is 0 Å². The Balaban J connectivity index is 1.87. The molecule has 1 saturated heterocycles. The summed E-state index contributed by atoms with van der Waals surface area (Å²) >= 11 is 0. The Labute approximate surface area is 162 Å². The molecule has 1 aromatic rings. The maximum Gasteiger partial charge on any atom is 0.407 e. The Bertz CT molecular complexity index is 682. The van der Waals surface area contributed by atoms with E-state index < -0.39 is 5.60 Å². The number of guanidine groups is 1. The van der Waals surface area contributed by atoms with Crippen molar-refractivity contribution in [3.8, 4) is 5.75 Å². The summed E-state index contributed by atoms with van der Waals surface area (Å²) in [5.74, 6) is 1.70. The van der Waals surface area contributed by atoms with Gasteiger partial charge in [0, 0.05) is 26.7 Å². The van der Waals surface area contributed by atoms with Crippen LogP contribution < -0.4 is 15.4 Å². The zero-order chi connectivity index (χ0) is 20.0. The van der Waals surface area contributed by atoms with Crippen LogP contribution in [-0.4, -0.2) is 55.8 Å². The molecule has 1 aromatic carbocycles. The number of aryl methyl sites for hydroxylation is 1. The first-order valence-electron chi connectivity index (χ1n) is 9.30. The van der Waals surface area contributed by atoms with E-state index in [4.69, 9.17) is 9.47 Å². The van der Waals surface area contributed by atoms with E-state index in [1.54, 1.807) is 14.2 Å². The van der Waals surface area contributed by atoms with Crippen LogP contribution in [0, 0.1) is 6.92 Å². The molecular formula is C20H32N4O3. The van der Waals surface area contributed by atoms with Crippen molar-refractivity contribution in [2.45, 2.75) is 52.3 Å². The molecule has 1 unspecified atom stereocenters. The van der Waals surface area contributed by atoms with Crippen LogP contribution in [-0.2, 0) is 11.3 Å². The highest BCUT2D eigenvalue weighted by Gasteiger charge is 2.27. The molecule has 0 saturated carbocycles. The SMILES string of the molecule is CN=C(NCc1ccc(C)c(OC)c1)N1CCC(NC(=O)OC(C)(C)C)C1. The van der Waals surface area contributed by atoms with Crippen LogP contribution >= 0.6 is 0 Å². The van der Waals surface area contributed by atoms with Crippen molar-refractivity contribution in [3.63, 3.8) is 0 Å². The maximum atomic E-state index is 11.9. The van der Waals surface area contributed by atoms with Crippen molar-refractivity contribution in [3.05, 3.63) is 29.3 Å². The van der Waals surface area contributed by atoms with Gasteiger partial charge in [-0.1, -0.05) is 12.1 Å². The highest BCUT2D eigenvalue weighted by atomic mass is 16.6. The lowest BCUT2D eigenvalue weighted by atomic mass is 10.1. The van der Waals surface area contributed by atoms with E-state index in [9.17, 15) is 4.79 Å². The molecule has 1 heterocycles. The van der Waals surface area contributed by atoms with E-state index in [0.29, 0.717) is 13.1 Å². The molecule has 2 N–H and O–H groups in total. The molecule has 2 rings (SSSR count). The van der Waals surface area contributed by atoms with E-state index in [0.717, 1.165) is 35.8 Å². The van der Waals surface area contributed by atoms with Crippen molar-refractivity contribution < 1.29 is 14.3 Å². The number of alkyl carbamates (subject to hydrolysis) is 1. The van der Waals surface area contributed by atoms with Crippen LogP contribution in [0.1, 0.15) is 38.3 Å². The summed E-state index contributed by atoms with van der Waals surface area (Å²) in [4.78, 5) is 18.5. The number of methoxy groups -OCH3 is 1. The topological polar surface area (TPSA) is 75.2 Å². The van der Waals surface area contributed by atoms with Gasteiger partial charge >= 0.3 is 6.09 Å². The minimum Gasteiger partial charge on any atom is -0.496 e. The second-order valence-electron chi connectivity index (χ2n) is 7.78. The van der Waals surface area contributed by atoms with Gasteiger partial charge in [-0.25, -0.2) is 4.79 Å². The molecule has 7 nitrogen and oxygen atoms in total. The zero-order valence-electron chi connectivity index (χ0n) is 17.3. The van der Waals surface area contributed by atoms with Crippen LogP contribution in [0.5, 0.6) is 5.75 Å². The third kappa shape index (κ3) is 6.34. The lowest BCUT2D eigenvalue weighted by Gasteiger charge is -2.23. The van der Waals surface area contributed by atoms with Crippen LogP contribution in [0.2, 0.25) is 0 Å². The van der Waals surface area contributed by atoms with Crippen molar-refractivity contribution >= 4 is 12.1 Å². The first-order chi connectivity index (χ1) is 12.7. The Morgan fingerprint density at radius 1 is 1.37 bits per heavy atom. The van der Waals surface area contributed by atoms with E-state index >= 15 is 0 Å². The summed E-state index contributed by atoms with van der Waals surface area (Å²) in [5.41, 5.74) is 1.75. The molecule has 150 valence electrons. The van der Waals surface area contributed by atoms with Crippen LogP contribution in [0.25, 0.3) is 0 Å². The molecule has 1 fully saturated rings. The fraction of sp³-hybridized carbons (Fsp3) is 0.600. The molecule has 27 heavy (non-hydrogen) atoms. The zero-order valence-corrected chi connectivity index (χ0v) is 17.3. The Kier molecular flexibility index (Phi) is 6.93. The standard InChI is InChI=1S/C20H32N4O3/c1-14-7-8-15(11-17(14)26-6)12-22-18(21-5)24-10-9-16(13-24)23-19(25)27-20(2,3)4/h7-8,11,16H,9-10,12-13H2,1-6H3,(H,21,22)(H,23,25). The van der Waals surface area contributed by atoms with Crippen molar-refractivity contribution in [2.24, 2.45) is 4.99 Å². The molecule has 0 spiro atoms. The van der Waals surface area contributed by atoms with Gasteiger partial charge in [-0.05, 0) is 51.3 Å². The molecule has 1 atom stereocenters. The van der Waals surface area contributed by atoms with Gasteiger partial charge in [0.15, 0.2) is 5.96 Å². The van der Waals surface area contributed by atoms with Gasteiger partial charge < -0.3 is 25.0 Å². The van der Waals surface area contributed by atoms with Gasteiger partial charge in [0.1, 0.15) is 11.4 Å². The van der Waals surface area contributed by atoms with Gasteiger partial charge in [0.25, 0.3) is 0 Å². The monoisotopic (exact) mass is 376 g/mol. The van der Waals surface area contributed by atoms with Gasteiger partial charge in [-0.15, -0.1) is 0 Å². The molecule has 1 aliphatic heterocycles. The molecule has 0 radical (unpaired) electrons. The highest BCUT2D eigenvalue weighted by Crippen LogP contribution is 2.19. The predicted octanol–water partition coefficient (Wildman–Crippen LogP) is 2.68. The second kappa shape index (κ2) is 8.97. The van der Waals surface area contributed by atoms with Gasteiger partial charge in [-0.2, -0.15) is 0 Å². The molecule has 0 bridgehead atoms. The summed E-state index contributed by atoms with van der Waals surface area (Å²) in [5, 5.41) is 6.32. The predicted molar refractivity (Wildman–Crippen MR) is 107 cm³/mol. The molecule has 7 heteroatoms. The third-order valence-corrected chi connectivity index (χ3v) is 4.34. The summed E-state index contributed by atoms with van der Waals surface area (Å²) in [6.07, 6.45) is 0.488. The van der Waals surface area contributed by atoms with Crippen LogP contribution in [0.15, 0.2) is 23.2 Å². The number of carbonyl (C=O) groups is 1. The number of benzene rings is 1. The highest BCUT2D eigenvalue weighted by molar-refractivity contribution is 5.80. The minimum absolute atomic E-state index is 0.0536. The van der Waals surface area contributed by atoms with Gasteiger partial charge in [-0.3, -0.25) is 4.99 Å². The number of aliphatic imine (C=N–C) groups is 1. The average Bonchev–Trinajstić information content (AvgIpc) is 3.03. The quantitative estimate of drug-likeness (QED) is 0.624. The van der Waals surface area contributed by atoms with Gasteiger partial charge in [0.2, 0.25) is 0 Å². The number of nitrogens with one attached hydrogen (secondary N) is 2. The van der Waals surface area contributed by atoms with Crippen molar-refractivity contribution in [1.29, 1.82) is 0 Å². The number of hydrogen-bond acceptors (Lipinski definition) is 4. The number of ether oxygens (including phenoxy) is 2. The third-order valence-electron chi connectivity index (χ3n) is 4.34.